The van der Waals surface area contributed by atoms with Crippen molar-refractivity contribution in [3.63, 3.8) is 0 Å². The van der Waals surface area contributed by atoms with Gasteiger partial charge in [0.1, 0.15) is 0 Å². The third-order valence-electron chi connectivity index (χ3n) is 3.51. The topological polar surface area (TPSA) is 53.0 Å². The van der Waals surface area contributed by atoms with E-state index < -0.39 is 0 Å². The highest BCUT2D eigenvalue weighted by molar-refractivity contribution is 6.31. The molecule has 0 unspecified atom stereocenters. The van der Waals surface area contributed by atoms with Crippen LogP contribution in [-0.4, -0.2) is 54.6 Å². The average molecular weight is 299 g/mol. The molecule has 0 radical (unpaired) electrons. The molecular weight excluding hydrogens is 280 g/mol. The van der Waals surface area contributed by atoms with Gasteiger partial charge in [0.2, 0.25) is 6.41 Å². The van der Waals surface area contributed by atoms with Crippen LogP contribution in [0.3, 0.4) is 0 Å². The van der Waals surface area contributed by atoms with Gasteiger partial charge in [0.05, 0.1) is 7.11 Å². The van der Waals surface area contributed by atoms with Crippen LogP contribution >= 0.6 is 11.6 Å². The fraction of sp³-hybridized carbons (Fsp3) is 0.500. The first-order valence-electron chi connectivity index (χ1n) is 6.61. The summed E-state index contributed by atoms with van der Waals surface area (Å²) in [6.45, 7) is 3.95. The van der Waals surface area contributed by atoms with E-state index in [1.807, 2.05) is 0 Å². The number of phenols is 1. The van der Waals surface area contributed by atoms with Crippen LogP contribution < -0.4 is 4.74 Å². The van der Waals surface area contributed by atoms with Crippen molar-refractivity contribution < 1.29 is 14.6 Å². The Hall–Kier alpha value is -1.46. The summed E-state index contributed by atoms with van der Waals surface area (Å²) >= 11 is 6.17. The van der Waals surface area contributed by atoms with Crippen LogP contribution in [-0.2, 0) is 11.3 Å². The molecule has 6 heteroatoms. The van der Waals surface area contributed by atoms with E-state index in [0.29, 0.717) is 17.3 Å². The quantitative estimate of drug-likeness (QED) is 0.860. The van der Waals surface area contributed by atoms with E-state index in [0.717, 1.165) is 44.6 Å². The molecular formula is C14H19ClN2O3. The van der Waals surface area contributed by atoms with Crippen molar-refractivity contribution in [1.29, 1.82) is 0 Å². The summed E-state index contributed by atoms with van der Waals surface area (Å²) in [4.78, 5) is 14.8. The summed E-state index contributed by atoms with van der Waals surface area (Å²) in [5.41, 5.74) is 0.917. The zero-order valence-electron chi connectivity index (χ0n) is 11.5. The maximum absolute atomic E-state index is 10.8. The number of ether oxygens (including phenoxy) is 1. The Morgan fingerprint density at radius 3 is 2.85 bits per heavy atom. The smallest absolute Gasteiger partial charge is 0.209 e. The van der Waals surface area contributed by atoms with Gasteiger partial charge >= 0.3 is 0 Å². The second-order valence-corrected chi connectivity index (χ2v) is 5.29. The lowest BCUT2D eigenvalue weighted by Crippen LogP contribution is -2.29. The van der Waals surface area contributed by atoms with Crippen LogP contribution in [0.25, 0.3) is 0 Å². The number of benzene rings is 1. The van der Waals surface area contributed by atoms with E-state index in [4.69, 9.17) is 16.3 Å². The maximum atomic E-state index is 10.8. The molecule has 2 rings (SSSR count). The minimum atomic E-state index is 0.0456. The summed E-state index contributed by atoms with van der Waals surface area (Å²) in [7, 11) is 1.51. The molecule has 0 atom stereocenters. The first-order chi connectivity index (χ1) is 9.63. The van der Waals surface area contributed by atoms with E-state index in [9.17, 15) is 9.90 Å². The lowest BCUT2D eigenvalue weighted by molar-refractivity contribution is -0.118. The molecule has 1 amide bonds. The number of nitrogens with zero attached hydrogens (tertiary/aromatic N) is 2. The third-order valence-corrected chi connectivity index (χ3v) is 3.87. The van der Waals surface area contributed by atoms with Crippen LogP contribution in [0.5, 0.6) is 11.5 Å². The van der Waals surface area contributed by atoms with E-state index in [1.165, 1.54) is 13.2 Å². The molecule has 0 bridgehead atoms. The largest absolute Gasteiger partial charge is 0.504 e. The standard InChI is InChI=1S/C14H19ClN2O3/c1-20-14-7-11(12(15)8-13(14)19)9-16-3-2-4-17(10-18)6-5-16/h7-8,10,19H,2-6,9H2,1H3. The van der Waals surface area contributed by atoms with Gasteiger partial charge in [-0.1, -0.05) is 11.6 Å². The number of methoxy groups -OCH3 is 1. The molecule has 0 spiro atoms. The van der Waals surface area contributed by atoms with Crippen molar-refractivity contribution in [2.45, 2.75) is 13.0 Å². The number of halogens is 1. The molecule has 5 nitrogen and oxygen atoms in total. The van der Waals surface area contributed by atoms with Gasteiger partial charge in [0, 0.05) is 43.8 Å². The Bertz CT molecular complexity index is 482. The molecule has 0 aromatic heterocycles. The van der Waals surface area contributed by atoms with Gasteiger partial charge in [-0.2, -0.15) is 0 Å². The van der Waals surface area contributed by atoms with Crippen LogP contribution in [0, 0.1) is 0 Å². The Labute approximate surface area is 123 Å². The molecule has 1 fully saturated rings. The molecule has 0 saturated carbocycles. The molecule has 1 aromatic carbocycles. The van der Waals surface area contributed by atoms with E-state index >= 15 is 0 Å². The highest BCUT2D eigenvalue weighted by Gasteiger charge is 2.16. The normalized spacial score (nSPS) is 16.8. The van der Waals surface area contributed by atoms with Gasteiger partial charge in [-0.25, -0.2) is 0 Å². The van der Waals surface area contributed by atoms with Gasteiger partial charge in [-0.15, -0.1) is 0 Å². The first-order valence-corrected chi connectivity index (χ1v) is 6.99. The Kier molecular flexibility index (Phi) is 5.09. The average Bonchev–Trinajstić information content (AvgIpc) is 2.67. The number of amides is 1. The van der Waals surface area contributed by atoms with Crippen LogP contribution in [0.4, 0.5) is 0 Å². The predicted molar refractivity (Wildman–Crippen MR) is 77.2 cm³/mol. The fourth-order valence-electron chi connectivity index (χ4n) is 2.36. The van der Waals surface area contributed by atoms with Gasteiger partial charge in [0.15, 0.2) is 11.5 Å². The van der Waals surface area contributed by atoms with Gasteiger partial charge in [-0.3, -0.25) is 9.69 Å². The minimum absolute atomic E-state index is 0.0456. The molecule has 1 aromatic rings. The highest BCUT2D eigenvalue weighted by Crippen LogP contribution is 2.32. The fourth-order valence-corrected chi connectivity index (χ4v) is 2.58. The van der Waals surface area contributed by atoms with E-state index in [-0.39, 0.29) is 5.75 Å². The Morgan fingerprint density at radius 2 is 2.15 bits per heavy atom. The Morgan fingerprint density at radius 1 is 1.35 bits per heavy atom. The van der Waals surface area contributed by atoms with Crippen molar-refractivity contribution in [3.05, 3.63) is 22.7 Å². The second kappa shape index (κ2) is 6.81. The highest BCUT2D eigenvalue weighted by atomic mass is 35.5. The zero-order chi connectivity index (χ0) is 14.5. The zero-order valence-corrected chi connectivity index (χ0v) is 12.3. The Balaban J connectivity index is 2.07. The second-order valence-electron chi connectivity index (χ2n) is 4.89. The van der Waals surface area contributed by atoms with Gasteiger partial charge in [0.25, 0.3) is 0 Å². The van der Waals surface area contributed by atoms with Crippen LogP contribution in [0.15, 0.2) is 12.1 Å². The van der Waals surface area contributed by atoms with Crippen molar-refractivity contribution in [2.24, 2.45) is 0 Å². The molecule has 20 heavy (non-hydrogen) atoms. The predicted octanol–water partition coefficient (Wildman–Crippen LogP) is 1.72. The number of hydrogen-bond donors (Lipinski definition) is 1. The summed E-state index contributed by atoms with van der Waals surface area (Å²) in [5.74, 6) is 0.470. The number of carbonyl (C=O) groups excluding carboxylic acids is 1. The lowest BCUT2D eigenvalue weighted by atomic mass is 10.2. The molecule has 110 valence electrons. The number of phenolic OH excluding ortho intramolecular Hbond substituents is 1. The summed E-state index contributed by atoms with van der Waals surface area (Å²) in [5, 5.41) is 10.2. The molecule has 0 aliphatic carbocycles. The summed E-state index contributed by atoms with van der Waals surface area (Å²) in [6, 6.07) is 3.27. The number of rotatable bonds is 4. The van der Waals surface area contributed by atoms with Crippen molar-refractivity contribution in [1.82, 2.24) is 9.80 Å². The molecule has 1 saturated heterocycles. The van der Waals surface area contributed by atoms with Crippen LogP contribution in [0.1, 0.15) is 12.0 Å². The van der Waals surface area contributed by atoms with Crippen molar-refractivity contribution in [3.8, 4) is 11.5 Å². The number of aromatic hydroxyl groups is 1. The summed E-state index contributed by atoms with van der Waals surface area (Å²) in [6.07, 6.45) is 1.85. The lowest BCUT2D eigenvalue weighted by Gasteiger charge is -2.21. The number of hydrogen-bond acceptors (Lipinski definition) is 4. The molecule has 1 aliphatic rings. The van der Waals surface area contributed by atoms with Crippen molar-refractivity contribution in [2.75, 3.05) is 33.3 Å². The van der Waals surface area contributed by atoms with Gasteiger partial charge in [-0.05, 0) is 18.1 Å². The molecule has 1 N–H and O–H groups in total. The molecule has 1 heterocycles. The third kappa shape index (κ3) is 3.55. The number of carbonyl (C=O) groups is 1. The van der Waals surface area contributed by atoms with Crippen LogP contribution in [0.2, 0.25) is 5.02 Å². The minimum Gasteiger partial charge on any atom is -0.504 e. The van der Waals surface area contributed by atoms with Gasteiger partial charge < -0.3 is 14.7 Å². The maximum Gasteiger partial charge on any atom is 0.209 e. The van der Waals surface area contributed by atoms with E-state index in [1.54, 1.807) is 11.0 Å². The SMILES string of the molecule is COc1cc(CN2CCCN(C=O)CC2)c(Cl)cc1O. The summed E-state index contributed by atoms with van der Waals surface area (Å²) < 4.78 is 5.11. The van der Waals surface area contributed by atoms with E-state index in [2.05, 4.69) is 4.90 Å². The molecule has 1 aliphatic heterocycles. The first kappa shape index (κ1) is 14.9. The van der Waals surface area contributed by atoms with Crippen molar-refractivity contribution >= 4 is 18.0 Å². The monoisotopic (exact) mass is 298 g/mol.